The third-order valence-electron chi connectivity index (χ3n) is 3.89. The number of rotatable bonds is 6. The third-order valence-corrected chi connectivity index (χ3v) is 3.89. The Bertz CT molecular complexity index is 898. The molecule has 146 valence electrons. The number of aryl methyl sites for hydroxylation is 1. The molecule has 0 fully saturated rings. The van der Waals surface area contributed by atoms with Crippen LogP contribution >= 0.6 is 24.8 Å². The number of ether oxygens (including phenoxy) is 1. The predicted molar refractivity (Wildman–Crippen MR) is 111 cm³/mol. The second-order valence-corrected chi connectivity index (χ2v) is 6.10. The summed E-state index contributed by atoms with van der Waals surface area (Å²) in [4.78, 5) is 16.9. The summed E-state index contributed by atoms with van der Waals surface area (Å²) in [6.07, 6.45) is 3.95. The van der Waals surface area contributed by atoms with Gasteiger partial charge in [-0.1, -0.05) is 18.2 Å². The van der Waals surface area contributed by atoms with E-state index in [0.29, 0.717) is 17.9 Å². The van der Waals surface area contributed by atoms with Crippen molar-refractivity contribution >= 4 is 36.4 Å². The van der Waals surface area contributed by atoms with Crippen LogP contribution in [0.2, 0.25) is 0 Å². The van der Waals surface area contributed by atoms with Crippen molar-refractivity contribution in [3.05, 3.63) is 65.6 Å². The summed E-state index contributed by atoms with van der Waals surface area (Å²) in [5.41, 5.74) is 8.88. The Morgan fingerprint density at radius 1 is 1.22 bits per heavy atom. The Hall–Kier alpha value is -2.28. The molecule has 0 saturated heterocycles. The third kappa shape index (κ3) is 5.60. The molecular formula is C19H24Cl2N4O2. The first kappa shape index (κ1) is 22.8. The average Bonchev–Trinajstić information content (AvgIpc) is 3.02. The molecular weight excluding hydrogens is 387 g/mol. The van der Waals surface area contributed by atoms with Gasteiger partial charge in [0.2, 0.25) is 0 Å². The number of nitrogens with one attached hydrogen (secondary N) is 1. The lowest BCUT2D eigenvalue weighted by molar-refractivity contribution is 0.0936. The molecule has 6 nitrogen and oxygen atoms in total. The number of pyridine rings is 1. The van der Waals surface area contributed by atoms with Gasteiger partial charge in [-0.05, 0) is 37.6 Å². The summed E-state index contributed by atoms with van der Waals surface area (Å²) in [6, 6.07) is 11.1. The van der Waals surface area contributed by atoms with Crippen molar-refractivity contribution in [3.8, 4) is 5.75 Å². The molecule has 27 heavy (non-hydrogen) atoms. The number of para-hydroxylation sites is 1. The molecule has 1 aromatic carbocycles. The Labute approximate surface area is 170 Å². The fraction of sp³-hybridized carbons (Fsp3) is 0.263. The summed E-state index contributed by atoms with van der Waals surface area (Å²) >= 11 is 0. The van der Waals surface area contributed by atoms with Gasteiger partial charge in [0.15, 0.2) is 0 Å². The summed E-state index contributed by atoms with van der Waals surface area (Å²) in [7, 11) is 0. The zero-order chi connectivity index (χ0) is 17.8. The Balaban J connectivity index is 0.00000182. The van der Waals surface area contributed by atoms with E-state index in [1.807, 2.05) is 54.9 Å². The van der Waals surface area contributed by atoms with E-state index in [1.165, 1.54) is 0 Å². The molecule has 1 amide bonds. The summed E-state index contributed by atoms with van der Waals surface area (Å²) in [5.74, 6) is 0.330. The molecule has 2 heterocycles. The molecule has 0 spiro atoms. The maximum Gasteiger partial charge on any atom is 0.255 e. The van der Waals surface area contributed by atoms with Crippen LogP contribution in [-0.2, 0) is 6.61 Å². The van der Waals surface area contributed by atoms with Crippen LogP contribution in [0.15, 0.2) is 48.8 Å². The lowest BCUT2D eigenvalue weighted by atomic mass is 10.1. The first-order valence-corrected chi connectivity index (χ1v) is 8.24. The van der Waals surface area contributed by atoms with E-state index >= 15 is 0 Å². The number of amides is 1. The van der Waals surface area contributed by atoms with Gasteiger partial charge in [-0.15, -0.1) is 24.8 Å². The minimum Gasteiger partial charge on any atom is -0.486 e. The normalized spacial score (nSPS) is 11.2. The van der Waals surface area contributed by atoms with Crippen LogP contribution < -0.4 is 15.8 Å². The molecule has 0 radical (unpaired) electrons. The number of aromatic nitrogens is 2. The number of halogens is 2. The first-order valence-electron chi connectivity index (χ1n) is 8.24. The Morgan fingerprint density at radius 2 is 1.96 bits per heavy atom. The molecule has 3 N–H and O–H groups in total. The summed E-state index contributed by atoms with van der Waals surface area (Å²) < 4.78 is 7.82. The minimum absolute atomic E-state index is 0. The van der Waals surface area contributed by atoms with Crippen LogP contribution in [0.1, 0.15) is 28.5 Å². The molecule has 3 rings (SSSR count). The molecule has 8 heteroatoms. The fourth-order valence-electron chi connectivity index (χ4n) is 2.52. The van der Waals surface area contributed by atoms with Gasteiger partial charge in [-0.25, -0.2) is 4.98 Å². The topological polar surface area (TPSA) is 81.6 Å². The lowest BCUT2D eigenvalue weighted by Crippen LogP contribution is -2.37. The number of carbonyl (C=O) groups is 1. The van der Waals surface area contributed by atoms with Gasteiger partial charge < -0.3 is 20.2 Å². The number of fused-ring (bicyclic) bond motifs is 1. The van der Waals surface area contributed by atoms with Gasteiger partial charge in [0.25, 0.3) is 5.91 Å². The quantitative estimate of drug-likeness (QED) is 0.653. The monoisotopic (exact) mass is 410 g/mol. The van der Waals surface area contributed by atoms with Crippen LogP contribution in [0.4, 0.5) is 0 Å². The molecule has 0 saturated carbocycles. The largest absolute Gasteiger partial charge is 0.486 e. The van der Waals surface area contributed by atoms with Crippen molar-refractivity contribution < 1.29 is 9.53 Å². The van der Waals surface area contributed by atoms with E-state index in [1.54, 1.807) is 12.1 Å². The molecule has 3 aromatic rings. The number of hydrogen-bond acceptors (Lipinski definition) is 4. The van der Waals surface area contributed by atoms with Gasteiger partial charge in [-0.2, -0.15) is 0 Å². The number of nitrogens with zero attached hydrogens (tertiary/aromatic N) is 2. The second kappa shape index (κ2) is 10.2. The number of nitrogens with two attached hydrogens (primary N) is 1. The van der Waals surface area contributed by atoms with Crippen molar-refractivity contribution in [2.24, 2.45) is 5.73 Å². The van der Waals surface area contributed by atoms with E-state index in [-0.39, 0.29) is 43.4 Å². The molecule has 1 atom stereocenters. The highest BCUT2D eigenvalue weighted by atomic mass is 35.5. The van der Waals surface area contributed by atoms with E-state index in [2.05, 4.69) is 10.3 Å². The van der Waals surface area contributed by atoms with E-state index in [9.17, 15) is 4.79 Å². The average molecular weight is 411 g/mol. The van der Waals surface area contributed by atoms with Crippen LogP contribution in [0, 0.1) is 6.92 Å². The zero-order valence-electron chi connectivity index (χ0n) is 15.2. The SMILES string of the molecule is Cc1ccc2nc(COc3ccccc3C(=O)N[C@@H](C)CN)cn2c1.Cl.Cl. The maximum atomic E-state index is 12.4. The summed E-state index contributed by atoms with van der Waals surface area (Å²) in [5, 5.41) is 2.85. The predicted octanol–water partition coefficient (Wildman–Crippen LogP) is 3.14. The smallest absolute Gasteiger partial charge is 0.255 e. The minimum atomic E-state index is -0.195. The van der Waals surface area contributed by atoms with Crippen LogP contribution in [0.3, 0.4) is 0 Å². The number of benzene rings is 1. The highest BCUT2D eigenvalue weighted by Crippen LogP contribution is 2.19. The van der Waals surface area contributed by atoms with Gasteiger partial charge in [-0.3, -0.25) is 4.79 Å². The molecule has 2 aromatic heterocycles. The van der Waals surface area contributed by atoms with Gasteiger partial charge in [0.1, 0.15) is 18.0 Å². The van der Waals surface area contributed by atoms with Crippen LogP contribution in [0.5, 0.6) is 5.75 Å². The van der Waals surface area contributed by atoms with E-state index < -0.39 is 0 Å². The van der Waals surface area contributed by atoms with Crippen molar-refractivity contribution in [2.45, 2.75) is 26.5 Å². The van der Waals surface area contributed by atoms with Gasteiger partial charge in [0, 0.05) is 25.0 Å². The van der Waals surface area contributed by atoms with Crippen molar-refractivity contribution in [3.63, 3.8) is 0 Å². The van der Waals surface area contributed by atoms with E-state index in [0.717, 1.165) is 16.9 Å². The van der Waals surface area contributed by atoms with E-state index in [4.69, 9.17) is 10.5 Å². The molecule has 0 aliphatic heterocycles. The van der Waals surface area contributed by atoms with Crippen molar-refractivity contribution in [2.75, 3.05) is 6.54 Å². The Kier molecular flexibility index (Phi) is 8.56. The standard InChI is InChI=1S/C19H22N4O2.2ClH/c1-13-7-8-18-22-15(11-23(18)10-13)12-25-17-6-4-3-5-16(17)19(24)21-14(2)9-20;;/h3-8,10-11,14H,9,12,20H2,1-2H3,(H,21,24);2*1H/t14-;;/m0../s1. The molecule has 0 bridgehead atoms. The first-order chi connectivity index (χ1) is 12.1. The number of hydrogen-bond donors (Lipinski definition) is 2. The molecule has 0 aliphatic rings. The summed E-state index contributed by atoms with van der Waals surface area (Å²) in [6.45, 7) is 4.57. The van der Waals surface area contributed by atoms with Gasteiger partial charge in [0.05, 0.1) is 11.3 Å². The van der Waals surface area contributed by atoms with Crippen LogP contribution in [-0.4, -0.2) is 27.9 Å². The second-order valence-electron chi connectivity index (χ2n) is 6.10. The van der Waals surface area contributed by atoms with Gasteiger partial charge >= 0.3 is 0 Å². The Morgan fingerprint density at radius 3 is 2.70 bits per heavy atom. The number of imidazole rings is 1. The molecule has 0 unspecified atom stereocenters. The lowest BCUT2D eigenvalue weighted by Gasteiger charge is -2.14. The highest BCUT2D eigenvalue weighted by Gasteiger charge is 2.14. The maximum absolute atomic E-state index is 12.4. The molecule has 0 aliphatic carbocycles. The zero-order valence-corrected chi connectivity index (χ0v) is 16.8. The fourth-order valence-corrected chi connectivity index (χ4v) is 2.52. The van der Waals surface area contributed by atoms with Crippen LogP contribution in [0.25, 0.3) is 5.65 Å². The highest BCUT2D eigenvalue weighted by molar-refractivity contribution is 5.97. The van der Waals surface area contributed by atoms with Crippen molar-refractivity contribution in [1.82, 2.24) is 14.7 Å². The van der Waals surface area contributed by atoms with Crippen molar-refractivity contribution in [1.29, 1.82) is 0 Å². The number of carbonyl (C=O) groups excluding carboxylic acids is 1.